The van der Waals surface area contributed by atoms with Gasteiger partial charge in [0.15, 0.2) is 0 Å². The van der Waals surface area contributed by atoms with Gasteiger partial charge in [-0.05, 0) is 43.1 Å². The minimum atomic E-state index is -0.242. The fourth-order valence-electron chi connectivity index (χ4n) is 2.45. The van der Waals surface area contributed by atoms with Crippen molar-refractivity contribution in [2.24, 2.45) is 0 Å². The Morgan fingerprint density at radius 1 is 1.15 bits per heavy atom. The van der Waals surface area contributed by atoms with Gasteiger partial charge in [-0.15, -0.1) is 0 Å². The zero-order valence-corrected chi connectivity index (χ0v) is 12.5. The molecular formula is C17H19ClFN. The fraction of sp³-hybridized carbons (Fsp3) is 0.294. The van der Waals surface area contributed by atoms with Crippen LogP contribution < -0.4 is 5.32 Å². The summed E-state index contributed by atoms with van der Waals surface area (Å²) in [4.78, 5) is 0. The van der Waals surface area contributed by atoms with Crippen LogP contribution >= 0.6 is 11.6 Å². The number of likely N-dealkylation sites (N-methyl/N-ethyl adjacent to an activating group) is 1. The summed E-state index contributed by atoms with van der Waals surface area (Å²) in [5, 5.41) is 3.90. The molecule has 0 fully saturated rings. The lowest BCUT2D eigenvalue weighted by molar-refractivity contribution is 0.526. The Morgan fingerprint density at radius 2 is 1.90 bits per heavy atom. The SMILES string of the molecule is CCNC(Cc1c(F)cccc1Cl)c1ccccc1C. The van der Waals surface area contributed by atoms with E-state index in [1.54, 1.807) is 12.1 Å². The van der Waals surface area contributed by atoms with Crippen LogP contribution in [0.2, 0.25) is 5.02 Å². The Bertz CT molecular complexity index is 563. The third kappa shape index (κ3) is 3.38. The summed E-state index contributed by atoms with van der Waals surface area (Å²) in [6.07, 6.45) is 0.546. The van der Waals surface area contributed by atoms with Crippen molar-refractivity contribution in [1.29, 1.82) is 0 Å². The van der Waals surface area contributed by atoms with Crippen LogP contribution in [0.15, 0.2) is 42.5 Å². The maximum atomic E-state index is 14.0. The Hall–Kier alpha value is -1.38. The molecular weight excluding hydrogens is 273 g/mol. The van der Waals surface area contributed by atoms with Gasteiger partial charge in [0.2, 0.25) is 0 Å². The highest BCUT2D eigenvalue weighted by molar-refractivity contribution is 6.31. The molecule has 2 aromatic carbocycles. The van der Waals surface area contributed by atoms with Crippen LogP contribution in [0, 0.1) is 12.7 Å². The van der Waals surface area contributed by atoms with Crippen molar-refractivity contribution in [1.82, 2.24) is 5.32 Å². The molecule has 0 amide bonds. The van der Waals surface area contributed by atoms with Gasteiger partial charge in [-0.25, -0.2) is 4.39 Å². The Balaban J connectivity index is 2.33. The Kier molecular flexibility index (Phi) is 5.16. The fourth-order valence-corrected chi connectivity index (χ4v) is 2.69. The molecule has 0 heterocycles. The van der Waals surface area contributed by atoms with E-state index in [1.165, 1.54) is 17.2 Å². The van der Waals surface area contributed by atoms with E-state index in [0.717, 1.165) is 6.54 Å². The van der Waals surface area contributed by atoms with Crippen LogP contribution in [0.1, 0.15) is 29.7 Å². The lowest BCUT2D eigenvalue weighted by Gasteiger charge is -2.21. The number of nitrogens with one attached hydrogen (secondary N) is 1. The van der Waals surface area contributed by atoms with Crippen molar-refractivity contribution in [3.05, 3.63) is 70.0 Å². The molecule has 106 valence electrons. The molecule has 0 radical (unpaired) electrons. The highest BCUT2D eigenvalue weighted by Crippen LogP contribution is 2.27. The number of hydrogen-bond acceptors (Lipinski definition) is 1. The summed E-state index contributed by atoms with van der Waals surface area (Å²) < 4.78 is 14.0. The summed E-state index contributed by atoms with van der Waals surface area (Å²) in [5.74, 6) is -0.242. The molecule has 0 bridgehead atoms. The Labute approximate surface area is 124 Å². The van der Waals surface area contributed by atoms with Crippen LogP contribution in [0.5, 0.6) is 0 Å². The quantitative estimate of drug-likeness (QED) is 0.843. The van der Waals surface area contributed by atoms with E-state index in [-0.39, 0.29) is 11.9 Å². The first-order chi connectivity index (χ1) is 9.63. The third-order valence-electron chi connectivity index (χ3n) is 3.48. The minimum Gasteiger partial charge on any atom is -0.310 e. The Morgan fingerprint density at radius 3 is 2.55 bits per heavy atom. The average Bonchev–Trinajstić information content (AvgIpc) is 2.43. The third-order valence-corrected chi connectivity index (χ3v) is 3.84. The van der Waals surface area contributed by atoms with Crippen molar-refractivity contribution in [2.45, 2.75) is 26.3 Å². The number of rotatable bonds is 5. The number of halogens is 2. The summed E-state index contributed by atoms with van der Waals surface area (Å²) in [7, 11) is 0. The monoisotopic (exact) mass is 291 g/mol. The van der Waals surface area contributed by atoms with E-state index >= 15 is 0 Å². The predicted octanol–water partition coefficient (Wildman–Crippen LogP) is 4.68. The van der Waals surface area contributed by atoms with E-state index in [4.69, 9.17) is 11.6 Å². The van der Waals surface area contributed by atoms with Gasteiger partial charge in [-0.3, -0.25) is 0 Å². The molecule has 0 aromatic heterocycles. The van der Waals surface area contributed by atoms with E-state index in [1.807, 2.05) is 19.1 Å². The van der Waals surface area contributed by atoms with Crippen LogP contribution in [0.4, 0.5) is 4.39 Å². The molecule has 1 atom stereocenters. The summed E-state index contributed by atoms with van der Waals surface area (Å²) in [6.45, 7) is 4.95. The molecule has 2 aromatic rings. The first kappa shape index (κ1) is 15.0. The first-order valence-electron chi connectivity index (χ1n) is 6.85. The standard InChI is InChI=1S/C17H19ClFN/c1-3-20-17(13-8-5-4-7-12(13)2)11-14-15(18)9-6-10-16(14)19/h4-10,17,20H,3,11H2,1-2H3. The number of benzene rings is 2. The summed E-state index contributed by atoms with van der Waals surface area (Å²) in [6, 6.07) is 13.1. The van der Waals surface area contributed by atoms with Gasteiger partial charge in [-0.1, -0.05) is 48.9 Å². The van der Waals surface area contributed by atoms with Gasteiger partial charge in [-0.2, -0.15) is 0 Å². The molecule has 2 rings (SSSR count). The summed E-state index contributed by atoms with van der Waals surface area (Å²) >= 11 is 6.13. The molecule has 20 heavy (non-hydrogen) atoms. The number of aryl methyl sites for hydroxylation is 1. The van der Waals surface area contributed by atoms with Crippen molar-refractivity contribution >= 4 is 11.6 Å². The second-order valence-corrected chi connectivity index (χ2v) is 5.28. The second kappa shape index (κ2) is 6.87. The molecule has 0 saturated carbocycles. The molecule has 0 aliphatic carbocycles. The van der Waals surface area contributed by atoms with Crippen LogP contribution in [-0.4, -0.2) is 6.54 Å². The lowest BCUT2D eigenvalue weighted by atomic mass is 9.95. The molecule has 0 aliphatic rings. The maximum Gasteiger partial charge on any atom is 0.127 e. The largest absolute Gasteiger partial charge is 0.310 e. The van der Waals surface area contributed by atoms with Crippen molar-refractivity contribution in [3.63, 3.8) is 0 Å². The van der Waals surface area contributed by atoms with Crippen molar-refractivity contribution in [3.8, 4) is 0 Å². The average molecular weight is 292 g/mol. The topological polar surface area (TPSA) is 12.0 Å². The van der Waals surface area contributed by atoms with Crippen LogP contribution in [0.25, 0.3) is 0 Å². The van der Waals surface area contributed by atoms with E-state index in [0.29, 0.717) is 17.0 Å². The second-order valence-electron chi connectivity index (χ2n) is 4.87. The van der Waals surface area contributed by atoms with Crippen LogP contribution in [0.3, 0.4) is 0 Å². The van der Waals surface area contributed by atoms with Gasteiger partial charge < -0.3 is 5.32 Å². The maximum absolute atomic E-state index is 14.0. The highest BCUT2D eigenvalue weighted by Gasteiger charge is 2.17. The van der Waals surface area contributed by atoms with Crippen LogP contribution in [-0.2, 0) is 6.42 Å². The normalized spacial score (nSPS) is 12.4. The van der Waals surface area contributed by atoms with Gasteiger partial charge in [0, 0.05) is 16.6 Å². The van der Waals surface area contributed by atoms with E-state index in [2.05, 4.69) is 24.4 Å². The van der Waals surface area contributed by atoms with E-state index in [9.17, 15) is 4.39 Å². The van der Waals surface area contributed by atoms with E-state index < -0.39 is 0 Å². The minimum absolute atomic E-state index is 0.0654. The first-order valence-corrected chi connectivity index (χ1v) is 7.23. The molecule has 1 unspecified atom stereocenters. The molecule has 1 nitrogen and oxygen atoms in total. The van der Waals surface area contributed by atoms with Crippen molar-refractivity contribution in [2.75, 3.05) is 6.54 Å². The van der Waals surface area contributed by atoms with Gasteiger partial charge in [0.1, 0.15) is 5.82 Å². The number of hydrogen-bond donors (Lipinski definition) is 1. The summed E-state index contributed by atoms with van der Waals surface area (Å²) in [5.41, 5.74) is 2.96. The smallest absolute Gasteiger partial charge is 0.127 e. The lowest BCUT2D eigenvalue weighted by Crippen LogP contribution is -2.24. The molecule has 0 spiro atoms. The molecule has 1 N–H and O–H groups in total. The van der Waals surface area contributed by atoms with Gasteiger partial charge >= 0.3 is 0 Å². The predicted molar refractivity (Wildman–Crippen MR) is 82.7 cm³/mol. The van der Waals surface area contributed by atoms with Gasteiger partial charge in [0.05, 0.1) is 0 Å². The molecule has 3 heteroatoms. The highest BCUT2D eigenvalue weighted by atomic mass is 35.5. The molecule has 0 aliphatic heterocycles. The van der Waals surface area contributed by atoms with Crippen molar-refractivity contribution < 1.29 is 4.39 Å². The zero-order valence-electron chi connectivity index (χ0n) is 11.8. The molecule has 0 saturated heterocycles. The van der Waals surface area contributed by atoms with Gasteiger partial charge in [0.25, 0.3) is 0 Å². The zero-order chi connectivity index (χ0) is 14.5.